The number of hydrogen-bond donors (Lipinski definition) is 1. The van der Waals surface area contributed by atoms with Crippen molar-refractivity contribution in [2.45, 2.75) is 19.1 Å². The molecular formula is C16H16O3. The highest BCUT2D eigenvalue weighted by atomic mass is 16.5. The van der Waals surface area contributed by atoms with E-state index in [2.05, 4.69) is 6.07 Å². The molecule has 1 N–H and O–H groups in total. The molecule has 0 saturated carbocycles. The fourth-order valence-electron chi connectivity index (χ4n) is 2.27. The van der Waals surface area contributed by atoms with E-state index in [-0.39, 0.29) is 12.7 Å². The van der Waals surface area contributed by atoms with Gasteiger partial charge in [0.25, 0.3) is 0 Å². The lowest BCUT2D eigenvalue weighted by Gasteiger charge is -2.12. The molecule has 0 bridgehead atoms. The van der Waals surface area contributed by atoms with Crippen molar-refractivity contribution in [3.63, 3.8) is 0 Å². The van der Waals surface area contributed by atoms with Crippen LogP contribution in [0.15, 0.2) is 48.5 Å². The molecule has 1 atom stereocenters. The predicted octanol–water partition coefficient (Wildman–Crippen LogP) is 2.56. The lowest BCUT2D eigenvalue weighted by molar-refractivity contribution is 0.148. The van der Waals surface area contributed by atoms with Crippen LogP contribution in [-0.4, -0.2) is 17.8 Å². The molecule has 98 valence electrons. The Labute approximate surface area is 112 Å². The van der Waals surface area contributed by atoms with Gasteiger partial charge in [0.15, 0.2) is 0 Å². The molecular weight excluding hydrogens is 240 g/mol. The molecule has 1 aliphatic heterocycles. The number of aliphatic hydroxyl groups is 1. The van der Waals surface area contributed by atoms with E-state index in [4.69, 9.17) is 14.6 Å². The average molecular weight is 256 g/mol. The van der Waals surface area contributed by atoms with E-state index >= 15 is 0 Å². The molecule has 1 heterocycles. The van der Waals surface area contributed by atoms with Crippen LogP contribution < -0.4 is 9.47 Å². The third-order valence-corrected chi connectivity index (χ3v) is 3.23. The van der Waals surface area contributed by atoms with Crippen molar-refractivity contribution >= 4 is 0 Å². The first kappa shape index (κ1) is 12.1. The highest BCUT2D eigenvalue weighted by Gasteiger charge is 2.22. The van der Waals surface area contributed by atoms with E-state index in [1.807, 2.05) is 42.5 Å². The van der Waals surface area contributed by atoms with Crippen LogP contribution in [0, 0.1) is 0 Å². The van der Waals surface area contributed by atoms with E-state index in [1.165, 1.54) is 5.56 Å². The normalized spacial score (nSPS) is 16.8. The zero-order valence-electron chi connectivity index (χ0n) is 10.6. The summed E-state index contributed by atoms with van der Waals surface area (Å²) in [7, 11) is 0. The minimum atomic E-state index is 0.0303. The summed E-state index contributed by atoms with van der Waals surface area (Å²) >= 11 is 0. The maximum absolute atomic E-state index is 9.08. The highest BCUT2D eigenvalue weighted by Crippen LogP contribution is 2.28. The second-order valence-electron chi connectivity index (χ2n) is 4.67. The largest absolute Gasteiger partial charge is 0.490 e. The number of hydrogen-bond acceptors (Lipinski definition) is 3. The van der Waals surface area contributed by atoms with E-state index < -0.39 is 0 Å². The van der Waals surface area contributed by atoms with Crippen LogP contribution in [0.4, 0.5) is 0 Å². The van der Waals surface area contributed by atoms with Gasteiger partial charge in [-0.1, -0.05) is 30.3 Å². The molecule has 0 amide bonds. The van der Waals surface area contributed by atoms with Crippen molar-refractivity contribution in [1.82, 2.24) is 0 Å². The molecule has 0 spiro atoms. The number of benzene rings is 2. The summed E-state index contributed by atoms with van der Waals surface area (Å²) in [5, 5.41) is 9.08. The third-order valence-electron chi connectivity index (χ3n) is 3.23. The molecule has 0 aromatic heterocycles. The second-order valence-corrected chi connectivity index (χ2v) is 4.67. The Hall–Kier alpha value is -2.00. The summed E-state index contributed by atoms with van der Waals surface area (Å²) in [5.41, 5.74) is 2.09. The number of aliphatic hydroxyl groups excluding tert-OH is 1. The highest BCUT2D eigenvalue weighted by molar-refractivity contribution is 5.37. The average Bonchev–Trinajstić information content (AvgIpc) is 2.88. The first-order chi connectivity index (χ1) is 9.35. The van der Waals surface area contributed by atoms with Crippen molar-refractivity contribution in [3.8, 4) is 11.5 Å². The lowest BCUT2D eigenvalue weighted by Crippen LogP contribution is -2.22. The Morgan fingerprint density at radius 1 is 1.16 bits per heavy atom. The number of rotatable bonds is 4. The minimum Gasteiger partial charge on any atom is -0.490 e. The number of para-hydroxylation sites is 1. The molecule has 3 nitrogen and oxygen atoms in total. The van der Waals surface area contributed by atoms with Crippen molar-refractivity contribution in [2.24, 2.45) is 0 Å². The van der Waals surface area contributed by atoms with Gasteiger partial charge in [0.2, 0.25) is 0 Å². The lowest BCUT2D eigenvalue weighted by atomic mass is 10.1. The van der Waals surface area contributed by atoms with Gasteiger partial charge in [0, 0.05) is 6.42 Å². The summed E-state index contributed by atoms with van der Waals surface area (Å²) < 4.78 is 11.5. The van der Waals surface area contributed by atoms with Crippen molar-refractivity contribution < 1.29 is 14.6 Å². The summed E-state index contributed by atoms with van der Waals surface area (Å²) in [4.78, 5) is 0. The van der Waals surface area contributed by atoms with E-state index in [9.17, 15) is 0 Å². The van der Waals surface area contributed by atoms with Crippen molar-refractivity contribution in [3.05, 3.63) is 59.7 Å². The standard InChI is InChI=1S/C16H16O3/c17-10-12-4-3-6-14(8-12)18-11-15-9-13-5-1-2-7-16(13)19-15/h1-8,15,17H,9-11H2. The van der Waals surface area contributed by atoms with E-state index in [0.29, 0.717) is 6.61 Å². The van der Waals surface area contributed by atoms with Crippen LogP contribution in [-0.2, 0) is 13.0 Å². The first-order valence-electron chi connectivity index (χ1n) is 6.42. The molecule has 2 aromatic rings. The van der Waals surface area contributed by atoms with Crippen LogP contribution in [0.5, 0.6) is 11.5 Å². The fourth-order valence-corrected chi connectivity index (χ4v) is 2.27. The maximum atomic E-state index is 9.08. The molecule has 0 fully saturated rings. The van der Waals surface area contributed by atoms with Gasteiger partial charge in [-0.15, -0.1) is 0 Å². The van der Waals surface area contributed by atoms with Gasteiger partial charge in [-0.25, -0.2) is 0 Å². The van der Waals surface area contributed by atoms with Crippen LogP contribution in [0.1, 0.15) is 11.1 Å². The molecule has 0 radical (unpaired) electrons. The maximum Gasteiger partial charge on any atom is 0.137 e. The molecule has 19 heavy (non-hydrogen) atoms. The van der Waals surface area contributed by atoms with Gasteiger partial charge in [-0.05, 0) is 29.3 Å². The summed E-state index contributed by atoms with van der Waals surface area (Å²) in [6.07, 6.45) is 0.950. The predicted molar refractivity (Wildman–Crippen MR) is 72.4 cm³/mol. The Balaban J connectivity index is 1.59. The van der Waals surface area contributed by atoms with Gasteiger partial charge < -0.3 is 14.6 Å². The quantitative estimate of drug-likeness (QED) is 0.913. The molecule has 0 saturated heterocycles. The van der Waals surface area contributed by atoms with Gasteiger partial charge >= 0.3 is 0 Å². The SMILES string of the molecule is OCc1cccc(OCC2Cc3ccccc3O2)c1. The fraction of sp³-hybridized carbons (Fsp3) is 0.250. The van der Waals surface area contributed by atoms with Crippen LogP contribution in [0.2, 0.25) is 0 Å². The van der Waals surface area contributed by atoms with Gasteiger partial charge in [0.1, 0.15) is 24.2 Å². The van der Waals surface area contributed by atoms with Gasteiger partial charge in [-0.3, -0.25) is 0 Å². The molecule has 3 rings (SSSR count). The summed E-state index contributed by atoms with van der Waals surface area (Å²) in [5.74, 6) is 1.73. The Morgan fingerprint density at radius 3 is 2.89 bits per heavy atom. The second kappa shape index (κ2) is 5.33. The van der Waals surface area contributed by atoms with E-state index in [1.54, 1.807) is 0 Å². The van der Waals surface area contributed by atoms with Crippen LogP contribution in [0.3, 0.4) is 0 Å². The topological polar surface area (TPSA) is 38.7 Å². The monoisotopic (exact) mass is 256 g/mol. The third kappa shape index (κ3) is 2.71. The molecule has 2 aromatic carbocycles. The molecule has 1 aliphatic rings. The van der Waals surface area contributed by atoms with Gasteiger partial charge in [-0.2, -0.15) is 0 Å². The Kier molecular flexibility index (Phi) is 3.38. The van der Waals surface area contributed by atoms with Crippen LogP contribution in [0.25, 0.3) is 0 Å². The number of fused-ring (bicyclic) bond motifs is 1. The smallest absolute Gasteiger partial charge is 0.137 e. The number of ether oxygens (including phenoxy) is 2. The molecule has 0 aliphatic carbocycles. The Morgan fingerprint density at radius 2 is 2.05 bits per heavy atom. The molecule has 1 unspecified atom stereocenters. The summed E-state index contributed by atoms with van der Waals surface area (Å²) in [6.45, 7) is 0.548. The zero-order chi connectivity index (χ0) is 13.1. The minimum absolute atomic E-state index is 0.0303. The first-order valence-corrected chi connectivity index (χ1v) is 6.42. The van der Waals surface area contributed by atoms with Crippen LogP contribution >= 0.6 is 0 Å². The van der Waals surface area contributed by atoms with E-state index in [0.717, 1.165) is 23.5 Å². The van der Waals surface area contributed by atoms with Crippen molar-refractivity contribution in [1.29, 1.82) is 0 Å². The Bertz CT molecular complexity index is 540. The zero-order valence-corrected chi connectivity index (χ0v) is 10.6. The summed E-state index contributed by atoms with van der Waals surface area (Å²) in [6, 6.07) is 15.6. The molecule has 3 heteroatoms. The van der Waals surface area contributed by atoms with Crippen molar-refractivity contribution in [2.75, 3.05) is 6.61 Å². The van der Waals surface area contributed by atoms with Gasteiger partial charge in [0.05, 0.1) is 6.61 Å².